The van der Waals surface area contributed by atoms with Crippen molar-refractivity contribution >= 4 is 17.6 Å². The van der Waals surface area contributed by atoms with Crippen molar-refractivity contribution in [3.63, 3.8) is 0 Å². The fraction of sp³-hybridized carbons (Fsp3) is 0.500. The Hall–Kier alpha value is -1.06. The number of carbonyl (C=O) groups is 1. The monoisotopic (exact) mass is 269 g/mol. The highest BCUT2D eigenvalue weighted by atomic mass is 35.5. The Labute approximate surface area is 113 Å². The van der Waals surface area contributed by atoms with Crippen LogP contribution in [0.1, 0.15) is 25.8 Å². The minimum Gasteiger partial charge on any atom is -0.468 e. The van der Waals surface area contributed by atoms with Crippen LogP contribution >= 0.6 is 11.6 Å². The van der Waals surface area contributed by atoms with Crippen LogP contribution in [0.4, 0.5) is 0 Å². The van der Waals surface area contributed by atoms with Gasteiger partial charge in [-0.3, -0.25) is 4.79 Å². The number of methoxy groups -OCH3 is 1. The number of esters is 1. The first kappa shape index (κ1) is 15.0. The van der Waals surface area contributed by atoms with Crippen molar-refractivity contribution in [3.05, 3.63) is 34.9 Å². The zero-order chi connectivity index (χ0) is 13.5. The molecule has 18 heavy (non-hydrogen) atoms. The van der Waals surface area contributed by atoms with Gasteiger partial charge in [0.25, 0.3) is 0 Å². The third-order valence-electron chi connectivity index (χ3n) is 2.81. The molecule has 0 fully saturated rings. The van der Waals surface area contributed by atoms with Gasteiger partial charge in [-0.15, -0.1) is 0 Å². The molecule has 1 rings (SSSR count). The van der Waals surface area contributed by atoms with Crippen molar-refractivity contribution < 1.29 is 9.53 Å². The largest absolute Gasteiger partial charge is 0.468 e. The van der Waals surface area contributed by atoms with Gasteiger partial charge in [0, 0.05) is 11.1 Å². The predicted molar refractivity (Wildman–Crippen MR) is 73.8 cm³/mol. The Morgan fingerprint density at radius 1 is 1.50 bits per heavy atom. The van der Waals surface area contributed by atoms with Crippen molar-refractivity contribution in [1.82, 2.24) is 5.32 Å². The average Bonchev–Trinajstić information content (AvgIpc) is 2.35. The molecule has 0 bridgehead atoms. The van der Waals surface area contributed by atoms with Gasteiger partial charge < -0.3 is 10.1 Å². The second kappa shape index (κ2) is 7.39. The van der Waals surface area contributed by atoms with Gasteiger partial charge in [-0.25, -0.2) is 0 Å². The van der Waals surface area contributed by atoms with Crippen LogP contribution in [0.2, 0.25) is 5.02 Å². The van der Waals surface area contributed by atoms with Crippen LogP contribution in [0.15, 0.2) is 24.3 Å². The summed E-state index contributed by atoms with van der Waals surface area (Å²) in [6, 6.07) is 7.70. The van der Waals surface area contributed by atoms with Gasteiger partial charge in [0.05, 0.1) is 7.11 Å². The average molecular weight is 270 g/mol. The molecule has 0 radical (unpaired) electrons. The Bertz CT molecular complexity index is 395. The molecular formula is C14H20ClNO2. The molecule has 0 saturated carbocycles. The van der Waals surface area contributed by atoms with E-state index in [9.17, 15) is 4.79 Å². The fourth-order valence-electron chi connectivity index (χ4n) is 1.91. The highest BCUT2D eigenvalue weighted by molar-refractivity contribution is 6.30. The lowest BCUT2D eigenvalue weighted by Gasteiger charge is -2.20. The number of halogens is 1. The first-order chi connectivity index (χ1) is 8.56. The second-order valence-electron chi connectivity index (χ2n) is 4.39. The molecule has 4 heteroatoms. The second-order valence-corrected chi connectivity index (χ2v) is 4.82. The summed E-state index contributed by atoms with van der Waals surface area (Å²) in [5.41, 5.74) is 1.15. The summed E-state index contributed by atoms with van der Waals surface area (Å²) >= 11 is 5.94. The molecule has 100 valence electrons. The van der Waals surface area contributed by atoms with Crippen LogP contribution in [0, 0.1) is 0 Å². The SMILES string of the molecule is CCC(NC(C)Cc1cccc(Cl)c1)C(=O)OC. The summed E-state index contributed by atoms with van der Waals surface area (Å²) in [4.78, 5) is 11.5. The number of hydrogen-bond donors (Lipinski definition) is 1. The molecular weight excluding hydrogens is 250 g/mol. The number of hydrogen-bond acceptors (Lipinski definition) is 3. The Morgan fingerprint density at radius 3 is 2.78 bits per heavy atom. The molecule has 0 amide bonds. The lowest BCUT2D eigenvalue weighted by molar-refractivity contribution is -0.143. The van der Waals surface area contributed by atoms with E-state index in [0.717, 1.165) is 17.0 Å². The van der Waals surface area contributed by atoms with Crippen LogP contribution < -0.4 is 5.32 Å². The quantitative estimate of drug-likeness (QED) is 0.807. The molecule has 3 nitrogen and oxygen atoms in total. The summed E-state index contributed by atoms with van der Waals surface area (Å²) in [6.07, 6.45) is 1.54. The lowest BCUT2D eigenvalue weighted by Crippen LogP contribution is -2.43. The number of benzene rings is 1. The fourth-order valence-corrected chi connectivity index (χ4v) is 2.13. The smallest absolute Gasteiger partial charge is 0.322 e. The summed E-state index contributed by atoms with van der Waals surface area (Å²) in [5.74, 6) is -0.213. The van der Waals surface area contributed by atoms with Crippen LogP contribution in [0.5, 0.6) is 0 Å². The molecule has 1 aromatic rings. The van der Waals surface area contributed by atoms with E-state index >= 15 is 0 Å². The van der Waals surface area contributed by atoms with Gasteiger partial charge in [0.2, 0.25) is 0 Å². The van der Waals surface area contributed by atoms with E-state index in [0.29, 0.717) is 6.42 Å². The lowest BCUT2D eigenvalue weighted by atomic mass is 10.1. The molecule has 0 saturated heterocycles. The van der Waals surface area contributed by atoms with E-state index < -0.39 is 0 Å². The molecule has 0 heterocycles. The highest BCUT2D eigenvalue weighted by Gasteiger charge is 2.18. The molecule has 0 spiro atoms. The maximum absolute atomic E-state index is 11.5. The van der Waals surface area contributed by atoms with E-state index in [1.54, 1.807) is 0 Å². The maximum atomic E-state index is 11.5. The van der Waals surface area contributed by atoms with Crippen molar-refractivity contribution in [3.8, 4) is 0 Å². The van der Waals surface area contributed by atoms with Crippen molar-refractivity contribution in [1.29, 1.82) is 0 Å². The number of ether oxygens (including phenoxy) is 1. The Morgan fingerprint density at radius 2 is 2.22 bits per heavy atom. The number of carbonyl (C=O) groups excluding carboxylic acids is 1. The third-order valence-corrected chi connectivity index (χ3v) is 3.05. The van der Waals surface area contributed by atoms with E-state index in [4.69, 9.17) is 16.3 Å². The summed E-state index contributed by atoms with van der Waals surface area (Å²) in [7, 11) is 1.41. The van der Waals surface area contributed by atoms with Gasteiger partial charge in [-0.1, -0.05) is 30.7 Å². The molecule has 0 aromatic heterocycles. The number of rotatable bonds is 6. The van der Waals surface area contributed by atoms with Crippen molar-refractivity contribution in [2.24, 2.45) is 0 Å². The van der Waals surface area contributed by atoms with Crippen molar-refractivity contribution in [2.45, 2.75) is 38.8 Å². The molecule has 0 aliphatic heterocycles. The Balaban J connectivity index is 2.55. The van der Waals surface area contributed by atoms with Crippen LogP contribution in [0.25, 0.3) is 0 Å². The van der Waals surface area contributed by atoms with Crippen LogP contribution in [0.3, 0.4) is 0 Å². The molecule has 2 atom stereocenters. The van der Waals surface area contributed by atoms with E-state index in [1.807, 2.05) is 38.1 Å². The summed E-state index contributed by atoms with van der Waals surface area (Å²) in [6.45, 7) is 4.01. The molecule has 0 aliphatic rings. The normalized spacial score (nSPS) is 14.0. The van der Waals surface area contributed by atoms with E-state index in [1.165, 1.54) is 7.11 Å². The standard InChI is InChI=1S/C14H20ClNO2/c1-4-13(14(17)18-3)16-10(2)8-11-6-5-7-12(15)9-11/h5-7,9-10,13,16H,4,8H2,1-3H3. The van der Waals surface area contributed by atoms with Gasteiger partial charge in [0.1, 0.15) is 6.04 Å². The maximum Gasteiger partial charge on any atom is 0.322 e. The summed E-state index contributed by atoms with van der Waals surface area (Å²) in [5, 5.41) is 4.00. The molecule has 0 aliphatic carbocycles. The topological polar surface area (TPSA) is 38.3 Å². The van der Waals surface area contributed by atoms with E-state index in [-0.39, 0.29) is 18.1 Å². The number of nitrogens with one attached hydrogen (secondary N) is 1. The van der Waals surface area contributed by atoms with Gasteiger partial charge >= 0.3 is 5.97 Å². The van der Waals surface area contributed by atoms with Gasteiger partial charge in [0.15, 0.2) is 0 Å². The molecule has 1 N–H and O–H groups in total. The van der Waals surface area contributed by atoms with Gasteiger partial charge in [-0.2, -0.15) is 0 Å². The van der Waals surface area contributed by atoms with E-state index in [2.05, 4.69) is 5.32 Å². The minimum absolute atomic E-state index is 0.188. The van der Waals surface area contributed by atoms with Crippen LogP contribution in [-0.2, 0) is 16.0 Å². The molecule has 1 aromatic carbocycles. The van der Waals surface area contributed by atoms with Crippen LogP contribution in [-0.4, -0.2) is 25.2 Å². The van der Waals surface area contributed by atoms with Gasteiger partial charge in [-0.05, 0) is 37.5 Å². The predicted octanol–water partition coefficient (Wildman–Crippen LogP) is 2.81. The zero-order valence-electron chi connectivity index (χ0n) is 11.1. The minimum atomic E-state index is -0.246. The van der Waals surface area contributed by atoms with Crippen molar-refractivity contribution in [2.75, 3.05) is 7.11 Å². The first-order valence-corrected chi connectivity index (χ1v) is 6.53. The first-order valence-electron chi connectivity index (χ1n) is 6.15. The third kappa shape index (κ3) is 4.67. The molecule has 2 unspecified atom stereocenters. The highest BCUT2D eigenvalue weighted by Crippen LogP contribution is 2.12. The Kier molecular flexibility index (Phi) is 6.16. The zero-order valence-corrected chi connectivity index (χ0v) is 11.8. The summed E-state index contributed by atoms with van der Waals surface area (Å²) < 4.78 is 4.75.